The maximum absolute atomic E-state index is 12.0. The van der Waals surface area contributed by atoms with E-state index in [1.807, 2.05) is 0 Å². The average Bonchev–Trinajstić information content (AvgIpc) is 2.71. The Balaban J connectivity index is 1.97. The van der Waals surface area contributed by atoms with Gasteiger partial charge in [0.25, 0.3) is 0 Å². The second-order valence-electron chi connectivity index (χ2n) is 4.95. The highest BCUT2D eigenvalue weighted by Gasteiger charge is 2.26. The molecule has 2 aliphatic rings. The van der Waals surface area contributed by atoms with Crippen LogP contribution in [0.5, 0.6) is 0 Å². The molecule has 0 aliphatic heterocycles. The lowest BCUT2D eigenvalue weighted by molar-refractivity contribution is -0.119. The fraction of sp³-hybridized carbons (Fsp3) is 0.769. The van der Waals surface area contributed by atoms with E-state index in [-0.39, 0.29) is 0 Å². The molecule has 1 fully saturated rings. The molecule has 78 valence electrons. The van der Waals surface area contributed by atoms with E-state index in [4.69, 9.17) is 0 Å². The summed E-state index contributed by atoms with van der Waals surface area (Å²) >= 11 is 0. The summed E-state index contributed by atoms with van der Waals surface area (Å²) in [4.78, 5) is 12.0. The Morgan fingerprint density at radius 2 is 2.00 bits per heavy atom. The summed E-state index contributed by atoms with van der Waals surface area (Å²) in [6.07, 6.45) is 10.4. The van der Waals surface area contributed by atoms with Gasteiger partial charge in [0.05, 0.1) is 0 Å². The second kappa shape index (κ2) is 4.29. The third kappa shape index (κ3) is 2.08. The minimum absolute atomic E-state index is 0.384. The van der Waals surface area contributed by atoms with Gasteiger partial charge in [-0.3, -0.25) is 4.79 Å². The van der Waals surface area contributed by atoms with Crippen LogP contribution >= 0.6 is 0 Å². The first-order valence-electron chi connectivity index (χ1n) is 6.00. The van der Waals surface area contributed by atoms with E-state index in [9.17, 15) is 4.79 Å². The van der Waals surface area contributed by atoms with Crippen molar-refractivity contribution in [3.05, 3.63) is 11.6 Å². The Hall–Kier alpha value is -0.590. The minimum Gasteiger partial charge on any atom is -0.294 e. The second-order valence-corrected chi connectivity index (χ2v) is 4.95. The van der Waals surface area contributed by atoms with Crippen LogP contribution in [-0.2, 0) is 4.79 Å². The van der Waals surface area contributed by atoms with Crippen molar-refractivity contribution in [2.45, 2.75) is 51.9 Å². The molecule has 1 atom stereocenters. The first-order valence-corrected chi connectivity index (χ1v) is 6.00. The quantitative estimate of drug-likeness (QED) is 0.654. The molecule has 0 bridgehead atoms. The van der Waals surface area contributed by atoms with Crippen LogP contribution in [0, 0.1) is 11.8 Å². The van der Waals surface area contributed by atoms with Crippen LogP contribution < -0.4 is 0 Å². The van der Waals surface area contributed by atoms with Gasteiger partial charge >= 0.3 is 0 Å². The van der Waals surface area contributed by atoms with Crippen LogP contribution in [0.1, 0.15) is 51.9 Å². The smallest absolute Gasteiger partial charge is 0.161 e. The van der Waals surface area contributed by atoms with Crippen molar-refractivity contribution in [2.75, 3.05) is 0 Å². The van der Waals surface area contributed by atoms with Gasteiger partial charge in [-0.2, -0.15) is 0 Å². The van der Waals surface area contributed by atoms with Crippen molar-refractivity contribution in [3.63, 3.8) is 0 Å². The first kappa shape index (κ1) is 9.95. The highest BCUT2D eigenvalue weighted by atomic mass is 16.1. The Bertz CT molecular complexity index is 246. The molecule has 2 aliphatic carbocycles. The number of hydrogen-bond acceptors (Lipinski definition) is 1. The van der Waals surface area contributed by atoms with Gasteiger partial charge in [0.15, 0.2) is 5.78 Å². The standard InChI is InChI=1S/C13H20O/c1-10-6-8-12(9-7-10)13(14)11-4-2-3-5-11/h8,10-11H,2-7,9H2,1H3. The molecule has 0 N–H and O–H groups in total. The van der Waals surface area contributed by atoms with Crippen LogP contribution in [0.2, 0.25) is 0 Å². The maximum atomic E-state index is 12.0. The fourth-order valence-corrected chi connectivity index (χ4v) is 2.64. The minimum atomic E-state index is 0.384. The lowest BCUT2D eigenvalue weighted by Gasteiger charge is -2.19. The summed E-state index contributed by atoms with van der Waals surface area (Å²) in [6, 6.07) is 0. The lowest BCUT2D eigenvalue weighted by atomic mass is 9.85. The molecular weight excluding hydrogens is 172 g/mol. The number of rotatable bonds is 2. The molecule has 14 heavy (non-hydrogen) atoms. The number of carbonyl (C=O) groups excluding carboxylic acids is 1. The number of ketones is 1. The SMILES string of the molecule is CC1CC=C(C(=O)C2CCCC2)CC1. The molecule has 0 radical (unpaired) electrons. The predicted octanol–water partition coefficient (Wildman–Crippen LogP) is 3.49. The van der Waals surface area contributed by atoms with Crippen LogP contribution in [0.3, 0.4) is 0 Å². The van der Waals surface area contributed by atoms with Crippen molar-refractivity contribution in [1.82, 2.24) is 0 Å². The van der Waals surface area contributed by atoms with Crippen molar-refractivity contribution in [1.29, 1.82) is 0 Å². The summed E-state index contributed by atoms with van der Waals surface area (Å²) in [5.41, 5.74) is 1.15. The van der Waals surface area contributed by atoms with Crippen molar-refractivity contribution < 1.29 is 4.79 Å². The number of carbonyl (C=O) groups is 1. The highest BCUT2D eigenvalue weighted by Crippen LogP contribution is 2.31. The molecule has 0 aromatic rings. The summed E-state index contributed by atoms with van der Waals surface area (Å²) < 4.78 is 0. The van der Waals surface area contributed by atoms with E-state index in [0.29, 0.717) is 11.7 Å². The van der Waals surface area contributed by atoms with Gasteiger partial charge in [-0.25, -0.2) is 0 Å². The van der Waals surface area contributed by atoms with Crippen LogP contribution in [0.15, 0.2) is 11.6 Å². The topological polar surface area (TPSA) is 17.1 Å². The largest absolute Gasteiger partial charge is 0.294 e. The third-order valence-electron chi connectivity index (χ3n) is 3.72. The number of Topliss-reactive ketones (excluding diaryl/α,β-unsaturated/α-hetero) is 1. The predicted molar refractivity (Wildman–Crippen MR) is 58.1 cm³/mol. The highest BCUT2D eigenvalue weighted by molar-refractivity contribution is 5.97. The maximum Gasteiger partial charge on any atom is 0.161 e. The van der Waals surface area contributed by atoms with Gasteiger partial charge in [-0.05, 0) is 43.6 Å². The molecule has 1 heteroatoms. The van der Waals surface area contributed by atoms with Crippen LogP contribution in [-0.4, -0.2) is 5.78 Å². The molecule has 0 aromatic heterocycles. The molecule has 0 amide bonds. The molecule has 1 unspecified atom stereocenters. The Kier molecular flexibility index (Phi) is 3.05. The van der Waals surface area contributed by atoms with Crippen LogP contribution in [0.4, 0.5) is 0 Å². The lowest BCUT2D eigenvalue weighted by Crippen LogP contribution is -2.16. The fourth-order valence-electron chi connectivity index (χ4n) is 2.64. The van der Waals surface area contributed by atoms with Gasteiger partial charge in [-0.1, -0.05) is 25.8 Å². The molecule has 0 spiro atoms. The van der Waals surface area contributed by atoms with E-state index in [0.717, 1.165) is 37.2 Å². The Labute approximate surface area is 86.6 Å². The zero-order valence-electron chi connectivity index (χ0n) is 9.09. The molecule has 0 aromatic carbocycles. The van der Waals surface area contributed by atoms with Crippen LogP contribution in [0.25, 0.3) is 0 Å². The van der Waals surface area contributed by atoms with Crippen molar-refractivity contribution in [3.8, 4) is 0 Å². The molecule has 1 nitrogen and oxygen atoms in total. The van der Waals surface area contributed by atoms with Crippen molar-refractivity contribution in [2.24, 2.45) is 11.8 Å². The van der Waals surface area contributed by atoms with E-state index in [1.54, 1.807) is 0 Å². The first-order chi connectivity index (χ1) is 6.77. The van der Waals surface area contributed by atoms with Gasteiger partial charge in [-0.15, -0.1) is 0 Å². The molecule has 0 saturated heterocycles. The molecule has 1 saturated carbocycles. The average molecular weight is 192 g/mol. The van der Waals surface area contributed by atoms with E-state index in [1.165, 1.54) is 19.3 Å². The Morgan fingerprint density at radius 3 is 2.57 bits per heavy atom. The zero-order valence-corrected chi connectivity index (χ0v) is 9.09. The van der Waals surface area contributed by atoms with Crippen molar-refractivity contribution >= 4 is 5.78 Å². The van der Waals surface area contributed by atoms with E-state index < -0.39 is 0 Å². The summed E-state index contributed by atoms with van der Waals surface area (Å²) in [7, 11) is 0. The normalized spacial score (nSPS) is 28.9. The van der Waals surface area contributed by atoms with Gasteiger partial charge in [0.1, 0.15) is 0 Å². The number of hydrogen-bond donors (Lipinski definition) is 0. The third-order valence-corrected chi connectivity index (χ3v) is 3.72. The summed E-state index contributed by atoms with van der Waals surface area (Å²) in [5.74, 6) is 1.65. The number of allylic oxidation sites excluding steroid dienone is 2. The molecule has 2 rings (SSSR count). The molecule has 0 heterocycles. The van der Waals surface area contributed by atoms with Gasteiger partial charge in [0.2, 0.25) is 0 Å². The van der Waals surface area contributed by atoms with Gasteiger partial charge in [0, 0.05) is 5.92 Å². The Morgan fingerprint density at radius 1 is 1.29 bits per heavy atom. The van der Waals surface area contributed by atoms with Gasteiger partial charge < -0.3 is 0 Å². The molecular formula is C13H20O. The van der Waals surface area contributed by atoms with E-state index >= 15 is 0 Å². The van der Waals surface area contributed by atoms with E-state index in [2.05, 4.69) is 13.0 Å². The zero-order chi connectivity index (χ0) is 9.97. The monoisotopic (exact) mass is 192 g/mol. The summed E-state index contributed by atoms with van der Waals surface area (Å²) in [6.45, 7) is 2.27. The summed E-state index contributed by atoms with van der Waals surface area (Å²) in [5, 5.41) is 0.